The van der Waals surface area contributed by atoms with Crippen LogP contribution in [0.15, 0.2) is 35.0 Å². The van der Waals surface area contributed by atoms with Crippen molar-refractivity contribution in [1.29, 1.82) is 0 Å². The summed E-state index contributed by atoms with van der Waals surface area (Å²) in [5.74, 6) is 0.788. The molecule has 2 heterocycles. The lowest BCUT2D eigenvalue weighted by molar-refractivity contribution is 1.12. The first-order valence-electron chi connectivity index (χ1n) is 4.77. The molecule has 0 amide bonds. The molecule has 0 saturated heterocycles. The number of anilines is 1. The average Bonchev–Trinajstić information content (AvgIpc) is 2.79. The molecule has 0 aliphatic rings. The van der Waals surface area contributed by atoms with Crippen molar-refractivity contribution in [2.75, 3.05) is 5.32 Å². The molecule has 2 aromatic rings. The van der Waals surface area contributed by atoms with E-state index in [9.17, 15) is 0 Å². The van der Waals surface area contributed by atoms with Gasteiger partial charge in [-0.1, -0.05) is 18.3 Å². The van der Waals surface area contributed by atoms with Crippen LogP contribution in [0.1, 0.15) is 11.3 Å². The second-order valence-corrected chi connectivity index (χ2v) is 4.48. The second-order valence-electron chi connectivity index (χ2n) is 3.26. The number of aromatic nitrogens is 1. The maximum Gasteiger partial charge on any atom is 0.127 e. The van der Waals surface area contributed by atoms with Crippen molar-refractivity contribution >= 4 is 34.4 Å². The van der Waals surface area contributed by atoms with Gasteiger partial charge in [0.2, 0.25) is 0 Å². The van der Waals surface area contributed by atoms with Crippen LogP contribution in [0.25, 0.3) is 0 Å². The number of nitrogens with zero attached hydrogens (tertiary/aromatic N) is 1. The van der Waals surface area contributed by atoms with Crippen LogP contribution >= 0.6 is 23.6 Å². The molecule has 3 N–H and O–H groups in total. The van der Waals surface area contributed by atoms with Crippen molar-refractivity contribution in [2.24, 2.45) is 5.73 Å². The molecule has 2 aromatic heterocycles. The molecule has 0 fully saturated rings. The van der Waals surface area contributed by atoms with E-state index in [0.717, 1.165) is 12.4 Å². The number of nitrogens with one attached hydrogen (secondary N) is 1. The summed E-state index contributed by atoms with van der Waals surface area (Å²) < 4.78 is 0. The average molecular weight is 249 g/mol. The Morgan fingerprint density at radius 2 is 2.31 bits per heavy atom. The number of hydrogen-bond acceptors (Lipinski definition) is 4. The number of hydrogen-bond donors (Lipinski definition) is 2. The molecule has 0 atom stereocenters. The molecular formula is C11H11N3S2. The molecule has 0 aliphatic carbocycles. The van der Waals surface area contributed by atoms with Gasteiger partial charge in [0.25, 0.3) is 0 Å². The van der Waals surface area contributed by atoms with E-state index in [-0.39, 0.29) is 0 Å². The zero-order valence-corrected chi connectivity index (χ0v) is 10.1. The summed E-state index contributed by atoms with van der Waals surface area (Å²) in [6.45, 7) is 0.761. The highest BCUT2D eigenvalue weighted by atomic mass is 32.1. The Morgan fingerprint density at radius 1 is 1.44 bits per heavy atom. The van der Waals surface area contributed by atoms with Gasteiger partial charge >= 0.3 is 0 Å². The molecule has 0 unspecified atom stereocenters. The van der Waals surface area contributed by atoms with E-state index in [0.29, 0.717) is 10.7 Å². The first-order chi connectivity index (χ1) is 7.75. The summed E-state index contributed by atoms with van der Waals surface area (Å²) in [5.41, 5.74) is 7.40. The van der Waals surface area contributed by atoms with Gasteiger partial charge in [0.15, 0.2) is 0 Å². The standard InChI is InChI=1S/C11H11N3S2/c12-11(15)9-2-1-3-10(14-9)13-6-8-4-5-16-7-8/h1-5,7H,6H2,(H2,12,15)(H,13,14). The third-order valence-electron chi connectivity index (χ3n) is 2.06. The molecule has 0 aromatic carbocycles. The predicted molar refractivity (Wildman–Crippen MR) is 71.8 cm³/mol. The first-order valence-corrected chi connectivity index (χ1v) is 6.12. The van der Waals surface area contributed by atoms with Gasteiger partial charge in [-0.3, -0.25) is 0 Å². The van der Waals surface area contributed by atoms with E-state index in [1.165, 1.54) is 5.56 Å². The Labute approximate surface area is 103 Å². The SMILES string of the molecule is NC(=S)c1cccc(NCc2ccsc2)n1. The molecule has 3 nitrogen and oxygen atoms in total. The number of thiophene rings is 1. The van der Waals surface area contributed by atoms with Crippen molar-refractivity contribution in [3.8, 4) is 0 Å². The van der Waals surface area contributed by atoms with Gasteiger partial charge in [-0.15, -0.1) is 0 Å². The third-order valence-corrected chi connectivity index (χ3v) is 3.00. The van der Waals surface area contributed by atoms with Crippen LogP contribution in [-0.4, -0.2) is 9.97 Å². The van der Waals surface area contributed by atoms with Crippen LogP contribution in [-0.2, 0) is 6.54 Å². The van der Waals surface area contributed by atoms with E-state index >= 15 is 0 Å². The normalized spacial score (nSPS) is 10.0. The Kier molecular flexibility index (Phi) is 3.48. The first kappa shape index (κ1) is 11.0. The van der Waals surface area contributed by atoms with Crippen LogP contribution in [0.3, 0.4) is 0 Å². The lowest BCUT2D eigenvalue weighted by Crippen LogP contribution is -2.12. The van der Waals surface area contributed by atoms with E-state index in [4.69, 9.17) is 18.0 Å². The monoisotopic (exact) mass is 249 g/mol. The van der Waals surface area contributed by atoms with Crippen LogP contribution in [0.5, 0.6) is 0 Å². The lowest BCUT2D eigenvalue weighted by atomic mass is 10.3. The van der Waals surface area contributed by atoms with Crippen molar-refractivity contribution < 1.29 is 0 Å². The second kappa shape index (κ2) is 5.05. The fourth-order valence-electron chi connectivity index (χ4n) is 1.26. The molecular weight excluding hydrogens is 238 g/mol. The number of rotatable bonds is 4. The van der Waals surface area contributed by atoms with Gasteiger partial charge in [0.1, 0.15) is 10.8 Å². The quantitative estimate of drug-likeness (QED) is 0.817. The van der Waals surface area contributed by atoms with Gasteiger partial charge in [0.05, 0.1) is 5.69 Å². The number of pyridine rings is 1. The van der Waals surface area contributed by atoms with Crippen LogP contribution in [0.4, 0.5) is 5.82 Å². The zero-order chi connectivity index (χ0) is 11.4. The molecule has 0 spiro atoms. The minimum Gasteiger partial charge on any atom is -0.388 e. The van der Waals surface area contributed by atoms with Crippen LogP contribution < -0.4 is 11.1 Å². The molecule has 5 heteroatoms. The summed E-state index contributed by atoms with van der Waals surface area (Å²) >= 11 is 6.56. The topological polar surface area (TPSA) is 50.9 Å². The summed E-state index contributed by atoms with van der Waals surface area (Å²) in [6.07, 6.45) is 0. The van der Waals surface area contributed by atoms with Crippen LogP contribution in [0.2, 0.25) is 0 Å². The summed E-state index contributed by atoms with van der Waals surface area (Å²) in [5, 5.41) is 7.38. The summed E-state index contributed by atoms with van der Waals surface area (Å²) in [6, 6.07) is 7.67. The minimum atomic E-state index is 0.319. The van der Waals surface area contributed by atoms with Gasteiger partial charge in [-0.05, 0) is 34.5 Å². The van der Waals surface area contributed by atoms with Gasteiger partial charge in [0, 0.05) is 6.54 Å². The molecule has 16 heavy (non-hydrogen) atoms. The Balaban J connectivity index is 2.04. The largest absolute Gasteiger partial charge is 0.388 e. The highest BCUT2D eigenvalue weighted by molar-refractivity contribution is 7.80. The zero-order valence-electron chi connectivity index (χ0n) is 8.51. The number of thiocarbonyl (C=S) groups is 1. The van der Waals surface area contributed by atoms with Crippen molar-refractivity contribution in [3.63, 3.8) is 0 Å². The molecule has 82 valence electrons. The molecule has 0 aliphatic heterocycles. The van der Waals surface area contributed by atoms with Gasteiger partial charge in [-0.2, -0.15) is 11.3 Å². The highest BCUT2D eigenvalue weighted by Gasteiger charge is 2.00. The van der Waals surface area contributed by atoms with E-state index in [1.54, 1.807) is 17.4 Å². The molecule has 0 saturated carbocycles. The minimum absolute atomic E-state index is 0.319. The maximum atomic E-state index is 5.52. The smallest absolute Gasteiger partial charge is 0.127 e. The molecule has 0 bridgehead atoms. The lowest BCUT2D eigenvalue weighted by Gasteiger charge is -2.05. The van der Waals surface area contributed by atoms with E-state index in [2.05, 4.69) is 27.1 Å². The predicted octanol–water partition coefficient (Wildman–Crippen LogP) is 2.39. The van der Waals surface area contributed by atoms with Crippen molar-refractivity contribution in [1.82, 2.24) is 4.98 Å². The fourth-order valence-corrected chi connectivity index (χ4v) is 2.04. The third kappa shape index (κ3) is 2.77. The van der Waals surface area contributed by atoms with E-state index < -0.39 is 0 Å². The highest BCUT2D eigenvalue weighted by Crippen LogP contribution is 2.10. The van der Waals surface area contributed by atoms with Crippen LogP contribution in [0, 0.1) is 0 Å². The van der Waals surface area contributed by atoms with Crippen molar-refractivity contribution in [3.05, 3.63) is 46.3 Å². The summed E-state index contributed by atoms with van der Waals surface area (Å²) in [4.78, 5) is 4.62. The Morgan fingerprint density at radius 3 is 3.00 bits per heavy atom. The molecule has 2 rings (SSSR count). The van der Waals surface area contributed by atoms with Crippen molar-refractivity contribution in [2.45, 2.75) is 6.54 Å². The Bertz CT molecular complexity index is 480. The van der Waals surface area contributed by atoms with Gasteiger partial charge < -0.3 is 11.1 Å². The van der Waals surface area contributed by atoms with E-state index in [1.807, 2.05) is 12.1 Å². The molecule has 0 radical (unpaired) electrons. The maximum absolute atomic E-state index is 5.52. The fraction of sp³-hybridized carbons (Fsp3) is 0.0909. The van der Waals surface area contributed by atoms with Gasteiger partial charge in [-0.25, -0.2) is 4.98 Å². The summed E-state index contributed by atoms with van der Waals surface area (Å²) in [7, 11) is 0. The number of nitrogens with two attached hydrogens (primary N) is 1. The Hall–Kier alpha value is -1.46.